The van der Waals surface area contributed by atoms with E-state index in [1.165, 1.54) is 39.1 Å². The van der Waals surface area contributed by atoms with E-state index in [1.807, 2.05) is 0 Å². The van der Waals surface area contributed by atoms with Crippen molar-refractivity contribution in [3.05, 3.63) is 6.42 Å². The molecule has 0 bridgehead atoms. The van der Waals surface area contributed by atoms with E-state index < -0.39 is 0 Å². The average molecular weight is 179 g/mol. The smallest absolute Gasteiger partial charge is 0.0110 e. The topological polar surface area (TPSA) is 6.48 Å². The van der Waals surface area contributed by atoms with E-state index in [2.05, 4.69) is 22.8 Å². The second-order valence-corrected chi connectivity index (χ2v) is 3.78. The van der Waals surface area contributed by atoms with Crippen molar-refractivity contribution in [2.45, 2.75) is 19.3 Å². The molecule has 0 N–H and O–H groups in total. The molecule has 1 saturated heterocycles. The summed E-state index contributed by atoms with van der Waals surface area (Å²) in [4.78, 5) is 4.89. The third-order valence-electron chi connectivity index (χ3n) is 2.62. The number of piperazine rings is 1. The maximum atomic E-state index is 6.78. The van der Waals surface area contributed by atoms with Gasteiger partial charge in [0, 0.05) is 32.6 Å². The third kappa shape index (κ3) is 4.31. The lowest BCUT2D eigenvalue weighted by Crippen LogP contribution is -2.44. The predicted octanol–water partition coefficient (Wildman–Crippen LogP) is 0.994. The first kappa shape index (κ1) is 10.6. The van der Waals surface area contributed by atoms with E-state index in [4.69, 9.17) is 6.42 Å². The second-order valence-electron chi connectivity index (χ2n) is 3.78. The molecule has 1 fully saturated rings. The molecular weight excluding hydrogens is 160 g/mol. The summed E-state index contributed by atoms with van der Waals surface area (Å²) in [6.07, 6.45) is 9.95. The maximum Gasteiger partial charge on any atom is 0.0110 e. The molecule has 0 unspecified atom stereocenters. The van der Waals surface area contributed by atoms with Crippen LogP contribution in [0.15, 0.2) is 0 Å². The minimum atomic E-state index is 0.827. The Morgan fingerprint density at radius 1 is 1.15 bits per heavy atom. The van der Waals surface area contributed by atoms with E-state index >= 15 is 0 Å². The molecule has 1 rings (SSSR count). The van der Waals surface area contributed by atoms with Crippen LogP contribution in [-0.4, -0.2) is 49.6 Å². The zero-order valence-corrected chi connectivity index (χ0v) is 8.55. The minimum Gasteiger partial charge on any atom is -0.304 e. The lowest BCUT2D eigenvalue weighted by molar-refractivity contribution is 0.152. The standard InChI is InChI=1S/C11H19N2/c1-3-4-5-6-7-13-10-8-12(2)9-11-13/h4-11H2,2H3. The maximum absolute atomic E-state index is 6.78. The lowest BCUT2D eigenvalue weighted by atomic mass is 10.2. The SMILES string of the molecule is [C]#CCCCCN1CCN(C)CC1. The molecule has 1 aliphatic rings. The molecule has 1 heterocycles. The van der Waals surface area contributed by atoms with Crippen molar-refractivity contribution in [3.63, 3.8) is 0 Å². The van der Waals surface area contributed by atoms with Crippen LogP contribution in [0.2, 0.25) is 0 Å². The molecule has 73 valence electrons. The number of likely N-dealkylation sites (N-methyl/N-ethyl adjacent to an activating group) is 1. The predicted molar refractivity (Wildman–Crippen MR) is 54.9 cm³/mol. The molecule has 1 aliphatic heterocycles. The highest BCUT2D eigenvalue weighted by Gasteiger charge is 2.12. The van der Waals surface area contributed by atoms with Crippen molar-refractivity contribution in [3.8, 4) is 5.92 Å². The van der Waals surface area contributed by atoms with Gasteiger partial charge in [0.2, 0.25) is 0 Å². The van der Waals surface area contributed by atoms with E-state index in [0.29, 0.717) is 0 Å². The molecule has 0 aromatic rings. The normalized spacial score (nSPS) is 20.0. The Kier molecular flexibility index (Phi) is 4.88. The number of hydrogen-bond donors (Lipinski definition) is 0. The van der Waals surface area contributed by atoms with Crippen LogP contribution in [0.3, 0.4) is 0 Å². The van der Waals surface area contributed by atoms with Gasteiger partial charge in [0.1, 0.15) is 0 Å². The summed E-state index contributed by atoms with van der Waals surface area (Å²) in [6.45, 7) is 6.04. The quantitative estimate of drug-likeness (QED) is 0.469. The van der Waals surface area contributed by atoms with Crippen LogP contribution in [0.1, 0.15) is 19.3 Å². The Balaban J connectivity index is 2.00. The van der Waals surface area contributed by atoms with Gasteiger partial charge in [-0.2, -0.15) is 0 Å². The zero-order valence-electron chi connectivity index (χ0n) is 8.55. The minimum absolute atomic E-state index is 0.827. The fourth-order valence-corrected chi connectivity index (χ4v) is 1.62. The molecule has 0 amide bonds. The Labute approximate surface area is 81.9 Å². The van der Waals surface area contributed by atoms with Crippen LogP contribution in [0, 0.1) is 12.3 Å². The van der Waals surface area contributed by atoms with Crippen LogP contribution in [-0.2, 0) is 0 Å². The molecule has 0 aromatic carbocycles. The second kappa shape index (κ2) is 6.01. The van der Waals surface area contributed by atoms with Crippen molar-refractivity contribution >= 4 is 0 Å². The molecule has 2 heteroatoms. The average Bonchev–Trinajstić information content (AvgIpc) is 2.15. The van der Waals surface area contributed by atoms with Crippen molar-refractivity contribution < 1.29 is 0 Å². The van der Waals surface area contributed by atoms with Gasteiger partial charge in [0.25, 0.3) is 0 Å². The van der Waals surface area contributed by atoms with Crippen molar-refractivity contribution in [1.82, 2.24) is 9.80 Å². The lowest BCUT2D eigenvalue weighted by Gasteiger charge is -2.32. The highest BCUT2D eigenvalue weighted by atomic mass is 15.2. The van der Waals surface area contributed by atoms with Gasteiger partial charge in [-0.25, -0.2) is 0 Å². The zero-order chi connectivity index (χ0) is 9.52. The summed E-state index contributed by atoms with van der Waals surface area (Å²) < 4.78 is 0. The van der Waals surface area contributed by atoms with E-state index in [1.54, 1.807) is 0 Å². The highest BCUT2D eigenvalue weighted by Crippen LogP contribution is 2.02. The van der Waals surface area contributed by atoms with Crippen molar-refractivity contribution in [2.24, 2.45) is 0 Å². The summed E-state index contributed by atoms with van der Waals surface area (Å²) in [7, 11) is 2.18. The van der Waals surface area contributed by atoms with Gasteiger partial charge in [0.15, 0.2) is 0 Å². The molecule has 0 spiro atoms. The summed E-state index contributed by atoms with van der Waals surface area (Å²) in [5, 5.41) is 0. The van der Waals surface area contributed by atoms with Gasteiger partial charge in [-0.3, -0.25) is 0 Å². The van der Waals surface area contributed by atoms with Gasteiger partial charge in [-0.05, 0) is 32.9 Å². The Morgan fingerprint density at radius 2 is 1.85 bits per heavy atom. The molecule has 1 radical (unpaired) electrons. The van der Waals surface area contributed by atoms with Gasteiger partial charge < -0.3 is 9.80 Å². The third-order valence-corrected chi connectivity index (χ3v) is 2.62. The van der Waals surface area contributed by atoms with Crippen molar-refractivity contribution in [1.29, 1.82) is 0 Å². The summed E-state index contributed by atoms with van der Waals surface area (Å²) in [6, 6.07) is 0. The molecule has 13 heavy (non-hydrogen) atoms. The first-order valence-corrected chi connectivity index (χ1v) is 5.13. The molecule has 0 aliphatic carbocycles. The van der Waals surface area contributed by atoms with Crippen molar-refractivity contribution in [2.75, 3.05) is 39.8 Å². The first-order chi connectivity index (χ1) is 6.33. The van der Waals surface area contributed by atoms with E-state index in [9.17, 15) is 0 Å². The van der Waals surface area contributed by atoms with Crippen LogP contribution in [0.5, 0.6) is 0 Å². The van der Waals surface area contributed by atoms with Gasteiger partial charge in [-0.1, -0.05) is 5.92 Å². The van der Waals surface area contributed by atoms with Crippen LogP contribution >= 0.6 is 0 Å². The van der Waals surface area contributed by atoms with Crippen LogP contribution < -0.4 is 0 Å². The highest BCUT2D eigenvalue weighted by molar-refractivity contribution is 4.75. The Hall–Kier alpha value is -0.520. The molecular formula is C11H19N2. The van der Waals surface area contributed by atoms with E-state index in [-0.39, 0.29) is 0 Å². The molecule has 0 aromatic heterocycles. The summed E-state index contributed by atoms with van der Waals surface area (Å²) in [5.41, 5.74) is 0. The largest absolute Gasteiger partial charge is 0.304 e. The number of rotatable bonds is 4. The van der Waals surface area contributed by atoms with Gasteiger partial charge in [-0.15, -0.1) is 0 Å². The number of unbranched alkanes of at least 4 members (excludes halogenated alkanes) is 2. The summed E-state index contributed by atoms with van der Waals surface area (Å²) >= 11 is 0. The fourth-order valence-electron chi connectivity index (χ4n) is 1.62. The monoisotopic (exact) mass is 179 g/mol. The number of hydrogen-bond acceptors (Lipinski definition) is 2. The van der Waals surface area contributed by atoms with Gasteiger partial charge >= 0.3 is 0 Å². The summed E-state index contributed by atoms with van der Waals surface area (Å²) in [5.74, 6) is 2.44. The molecule has 0 atom stereocenters. The molecule has 0 saturated carbocycles. The van der Waals surface area contributed by atoms with E-state index in [0.717, 1.165) is 12.8 Å². The first-order valence-electron chi connectivity index (χ1n) is 5.13. The van der Waals surface area contributed by atoms with Gasteiger partial charge in [0.05, 0.1) is 0 Å². The number of nitrogens with zero attached hydrogens (tertiary/aromatic N) is 2. The Bertz CT molecular complexity index is 163. The Morgan fingerprint density at radius 3 is 2.46 bits per heavy atom. The van der Waals surface area contributed by atoms with Crippen LogP contribution in [0.25, 0.3) is 0 Å². The van der Waals surface area contributed by atoms with Crippen LogP contribution in [0.4, 0.5) is 0 Å². The molecule has 2 nitrogen and oxygen atoms in total. The fraction of sp³-hybridized carbons (Fsp3) is 0.818.